The molecule has 2 aromatic carbocycles. The molecule has 0 spiro atoms. The molecule has 24 heavy (non-hydrogen) atoms. The molecule has 0 aromatic heterocycles. The normalized spacial score (nSPS) is 20.1. The molecule has 7 heteroatoms. The first kappa shape index (κ1) is 17.1. The van der Waals surface area contributed by atoms with Gasteiger partial charge < -0.3 is 5.11 Å². The average molecular weight is 381 g/mol. The van der Waals surface area contributed by atoms with Crippen molar-refractivity contribution in [2.24, 2.45) is 4.99 Å². The van der Waals surface area contributed by atoms with Crippen LogP contribution in [0.25, 0.3) is 0 Å². The molecule has 124 valence electrons. The fourth-order valence-electron chi connectivity index (χ4n) is 2.83. The molecule has 4 nitrogen and oxygen atoms in total. The molecule has 0 radical (unpaired) electrons. The van der Waals surface area contributed by atoms with Crippen molar-refractivity contribution in [1.29, 1.82) is 0 Å². The first-order valence-electron chi connectivity index (χ1n) is 7.16. The van der Waals surface area contributed by atoms with Gasteiger partial charge in [0.15, 0.2) is 5.17 Å². The highest BCUT2D eigenvalue weighted by Gasteiger charge is 2.41. The molecule has 1 aliphatic rings. The Morgan fingerprint density at radius 1 is 1.12 bits per heavy atom. The number of aliphatic imine (C=N–C) groups is 1. The Kier molecular flexibility index (Phi) is 5.04. The summed E-state index contributed by atoms with van der Waals surface area (Å²) >= 11 is 13.5. The van der Waals surface area contributed by atoms with Crippen molar-refractivity contribution in [2.75, 3.05) is 6.26 Å². The Morgan fingerprint density at radius 3 is 2.25 bits per heavy atom. The van der Waals surface area contributed by atoms with E-state index in [4.69, 9.17) is 23.2 Å². The van der Waals surface area contributed by atoms with Crippen molar-refractivity contribution in [3.8, 4) is 0 Å². The van der Waals surface area contributed by atoms with Gasteiger partial charge in [0.1, 0.15) is 6.04 Å². The number of amides is 1. The largest absolute Gasteiger partial charge is 0.465 e. The summed E-state index contributed by atoms with van der Waals surface area (Å²) in [5, 5.41) is 11.3. The number of benzene rings is 2. The lowest BCUT2D eigenvalue weighted by Gasteiger charge is -2.26. The van der Waals surface area contributed by atoms with Gasteiger partial charge in [-0.3, -0.25) is 4.99 Å². The summed E-state index contributed by atoms with van der Waals surface area (Å²) in [5.74, 6) is 0. The molecule has 3 rings (SSSR count). The number of thioether (sulfide) groups is 1. The van der Waals surface area contributed by atoms with Gasteiger partial charge in [-0.2, -0.15) is 0 Å². The van der Waals surface area contributed by atoms with Gasteiger partial charge in [-0.1, -0.05) is 59.2 Å². The topological polar surface area (TPSA) is 52.9 Å². The van der Waals surface area contributed by atoms with Crippen molar-refractivity contribution in [2.45, 2.75) is 12.1 Å². The van der Waals surface area contributed by atoms with Crippen LogP contribution in [-0.2, 0) is 0 Å². The zero-order valence-electron chi connectivity index (χ0n) is 12.7. The van der Waals surface area contributed by atoms with E-state index in [-0.39, 0.29) is 6.04 Å². The SMILES string of the molecule is CSC1=NC(c2cccc(Cl)c2)C(c2cccc(Cl)c2)N1C(=O)O. The molecule has 2 aromatic rings. The Labute approximate surface area is 154 Å². The van der Waals surface area contributed by atoms with E-state index in [1.165, 1.54) is 16.7 Å². The molecular weight excluding hydrogens is 367 g/mol. The molecule has 0 saturated heterocycles. The van der Waals surface area contributed by atoms with Crippen molar-refractivity contribution < 1.29 is 9.90 Å². The molecule has 1 N–H and O–H groups in total. The maximum atomic E-state index is 11.9. The predicted octanol–water partition coefficient (Wildman–Crippen LogP) is 5.49. The number of amidine groups is 1. The molecule has 0 saturated carbocycles. The van der Waals surface area contributed by atoms with Gasteiger partial charge in [0.05, 0.1) is 6.04 Å². The van der Waals surface area contributed by atoms with Gasteiger partial charge >= 0.3 is 6.09 Å². The Hall–Kier alpha value is -1.69. The molecule has 1 aliphatic heterocycles. The first-order chi connectivity index (χ1) is 11.5. The lowest BCUT2D eigenvalue weighted by atomic mass is 9.94. The van der Waals surface area contributed by atoms with Crippen molar-refractivity contribution >= 4 is 46.2 Å². The Bertz CT molecular complexity index is 813. The third-order valence-corrected chi connectivity index (χ3v) is 4.94. The van der Waals surface area contributed by atoms with Gasteiger partial charge in [0.25, 0.3) is 0 Å². The minimum absolute atomic E-state index is 0.374. The molecule has 2 atom stereocenters. The van der Waals surface area contributed by atoms with Crippen LogP contribution in [0.5, 0.6) is 0 Å². The average Bonchev–Trinajstić information content (AvgIpc) is 2.94. The van der Waals surface area contributed by atoms with Crippen LogP contribution in [0, 0.1) is 0 Å². The summed E-state index contributed by atoms with van der Waals surface area (Å²) in [6, 6.07) is 13.7. The maximum Gasteiger partial charge on any atom is 0.414 e. The van der Waals surface area contributed by atoms with Crippen LogP contribution in [0.1, 0.15) is 23.2 Å². The van der Waals surface area contributed by atoms with E-state index in [1.54, 1.807) is 18.2 Å². The van der Waals surface area contributed by atoms with Crippen LogP contribution in [-0.4, -0.2) is 27.5 Å². The molecule has 0 fully saturated rings. The zero-order valence-corrected chi connectivity index (χ0v) is 15.0. The minimum atomic E-state index is -1.04. The predicted molar refractivity (Wildman–Crippen MR) is 99.2 cm³/mol. The lowest BCUT2D eigenvalue weighted by molar-refractivity contribution is 0.157. The number of hydrogen-bond donors (Lipinski definition) is 1. The fraction of sp³-hybridized carbons (Fsp3) is 0.176. The monoisotopic (exact) mass is 380 g/mol. The lowest BCUT2D eigenvalue weighted by Crippen LogP contribution is -2.34. The third kappa shape index (κ3) is 3.24. The number of carboxylic acid groups (broad SMARTS) is 1. The second-order valence-corrected chi connectivity index (χ2v) is 6.91. The van der Waals surface area contributed by atoms with E-state index in [2.05, 4.69) is 4.99 Å². The quantitative estimate of drug-likeness (QED) is 0.749. The van der Waals surface area contributed by atoms with E-state index >= 15 is 0 Å². The van der Waals surface area contributed by atoms with Crippen LogP contribution < -0.4 is 0 Å². The maximum absolute atomic E-state index is 11.9. The molecule has 1 heterocycles. The van der Waals surface area contributed by atoms with Crippen molar-refractivity contribution in [1.82, 2.24) is 4.90 Å². The van der Waals surface area contributed by atoms with Crippen molar-refractivity contribution in [3.05, 3.63) is 69.7 Å². The Morgan fingerprint density at radius 2 is 1.71 bits per heavy atom. The molecular formula is C17H14Cl2N2O2S. The molecule has 0 bridgehead atoms. The van der Waals surface area contributed by atoms with Crippen LogP contribution in [0.3, 0.4) is 0 Å². The number of nitrogens with zero attached hydrogens (tertiary/aromatic N) is 2. The van der Waals surface area contributed by atoms with Crippen LogP contribution in [0.2, 0.25) is 10.0 Å². The first-order valence-corrected chi connectivity index (χ1v) is 9.14. The number of rotatable bonds is 2. The fourth-order valence-corrected chi connectivity index (χ4v) is 3.84. The third-order valence-electron chi connectivity index (χ3n) is 3.80. The minimum Gasteiger partial charge on any atom is -0.465 e. The van der Waals surface area contributed by atoms with Gasteiger partial charge in [-0.25, -0.2) is 9.69 Å². The van der Waals surface area contributed by atoms with Gasteiger partial charge in [0.2, 0.25) is 0 Å². The zero-order chi connectivity index (χ0) is 17.3. The summed E-state index contributed by atoms with van der Waals surface area (Å²) in [5.41, 5.74) is 1.66. The van der Waals surface area contributed by atoms with E-state index in [0.29, 0.717) is 15.2 Å². The van der Waals surface area contributed by atoms with Crippen molar-refractivity contribution in [3.63, 3.8) is 0 Å². The van der Waals surface area contributed by atoms with Gasteiger partial charge in [-0.15, -0.1) is 0 Å². The molecule has 1 amide bonds. The second-order valence-electron chi connectivity index (χ2n) is 5.27. The standard InChI is InChI=1S/C17H14Cl2N2O2S/c1-24-16-20-14(10-4-2-6-12(18)8-10)15(21(16)17(22)23)11-5-3-7-13(19)9-11/h2-9,14-15H,1H3,(H,22,23). The van der Waals surface area contributed by atoms with Crippen LogP contribution >= 0.6 is 35.0 Å². The highest BCUT2D eigenvalue weighted by Crippen LogP contribution is 2.44. The summed E-state index contributed by atoms with van der Waals surface area (Å²) in [6.07, 6.45) is 0.766. The van der Waals surface area contributed by atoms with Gasteiger partial charge in [-0.05, 0) is 41.6 Å². The smallest absolute Gasteiger partial charge is 0.414 e. The van der Waals surface area contributed by atoms with E-state index in [0.717, 1.165) is 11.1 Å². The van der Waals surface area contributed by atoms with E-state index in [1.807, 2.05) is 36.6 Å². The van der Waals surface area contributed by atoms with E-state index < -0.39 is 12.1 Å². The molecule has 2 unspecified atom stereocenters. The van der Waals surface area contributed by atoms with E-state index in [9.17, 15) is 9.90 Å². The van der Waals surface area contributed by atoms with Crippen LogP contribution in [0.15, 0.2) is 53.5 Å². The highest BCUT2D eigenvalue weighted by molar-refractivity contribution is 8.13. The number of carbonyl (C=O) groups is 1. The van der Waals surface area contributed by atoms with Crippen LogP contribution in [0.4, 0.5) is 4.79 Å². The summed E-state index contributed by atoms with van der Waals surface area (Å²) in [7, 11) is 0. The Balaban J connectivity index is 2.13. The summed E-state index contributed by atoms with van der Waals surface area (Å²) in [4.78, 5) is 17.8. The summed E-state index contributed by atoms with van der Waals surface area (Å²) in [6.45, 7) is 0. The number of hydrogen-bond acceptors (Lipinski definition) is 3. The number of halogens is 2. The molecule has 0 aliphatic carbocycles. The summed E-state index contributed by atoms with van der Waals surface area (Å²) < 4.78 is 0. The van der Waals surface area contributed by atoms with Gasteiger partial charge in [0, 0.05) is 10.0 Å². The highest BCUT2D eigenvalue weighted by atomic mass is 35.5. The second kappa shape index (κ2) is 7.05.